The van der Waals surface area contributed by atoms with E-state index >= 15 is 0 Å². The number of aromatic nitrogens is 3. The molecular formula is C19H19BrN4O4. The minimum atomic E-state index is 0.114. The molecule has 28 heavy (non-hydrogen) atoms. The lowest BCUT2D eigenvalue weighted by Gasteiger charge is -2.13. The number of rotatable bonds is 8. The lowest BCUT2D eigenvalue weighted by Crippen LogP contribution is -2.04. The summed E-state index contributed by atoms with van der Waals surface area (Å²) in [5.41, 5.74) is 0.839. The quantitative estimate of drug-likeness (QED) is 0.553. The van der Waals surface area contributed by atoms with Crippen LogP contribution in [-0.4, -0.2) is 36.3 Å². The van der Waals surface area contributed by atoms with E-state index in [1.54, 1.807) is 31.5 Å². The summed E-state index contributed by atoms with van der Waals surface area (Å²) in [5, 5.41) is 3.26. The summed E-state index contributed by atoms with van der Waals surface area (Å²) < 4.78 is 22.5. The number of ether oxygens (including phenoxy) is 4. The lowest BCUT2D eigenvalue weighted by atomic mass is 10.2. The topological polar surface area (TPSA) is 87.6 Å². The summed E-state index contributed by atoms with van der Waals surface area (Å²) in [7, 11) is 4.64. The van der Waals surface area contributed by atoms with Gasteiger partial charge in [-0.15, -0.1) is 0 Å². The van der Waals surface area contributed by atoms with Crippen molar-refractivity contribution >= 4 is 21.7 Å². The molecule has 0 radical (unpaired) electrons. The summed E-state index contributed by atoms with van der Waals surface area (Å²) >= 11 is 3.43. The summed E-state index contributed by atoms with van der Waals surface area (Å²) in [6.45, 7) is 0.455. The highest BCUT2D eigenvalue weighted by Crippen LogP contribution is 2.30. The molecule has 0 spiro atoms. The largest absolute Gasteiger partial charge is 0.497 e. The molecule has 0 aliphatic heterocycles. The van der Waals surface area contributed by atoms with Gasteiger partial charge in [-0.1, -0.05) is 15.9 Å². The predicted molar refractivity (Wildman–Crippen MR) is 107 cm³/mol. The van der Waals surface area contributed by atoms with Crippen LogP contribution < -0.4 is 24.3 Å². The van der Waals surface area contributed by atoms with Crippen molar-refractivity contribution in [3.63, 3.8) is 0 Å². The van der Waals surface area contributed by atoms with Crippen molar-refractivity contribution in [3.8, 4) is 29.3 Å². The van der Waals surface area contributed by atoms with Crippen LogP contribution in [0.1, 0.15) is 5.56 Å². The fourth-order valence-corrected chi connectivity index (χ4v) is 2.68. The van der Waals surface area contributed by atoms with Crippen molar-refractivity contribution in [3.05, 3.63) is 52.6 Å². The molecule has 8 nitrogen and oxygen atoms in total. The van der Waals surface area contributed by atoms with Gasteiger partial charge in [0, 0.05) is 22.8 Å². The van der Waals surface area contributed by atoms with Gasteiger partial charge in [0.1, 0.15) is 17.3 Å². The average Bonchev–Trinajstić information content (AvgIpc) is 2.72. The van der Waals surface area contributed by atoms with Crippen LogP contribution in [0.25, 0.3) is 0 Å². The van der Waals surface area contributed by atoms with E-state index in [9.17, 15) is 0 Å². The Labute approximate surface area is 171 Å². The molecule has 0 bridgehead atoms. The monoisotopic (exact) mass is 446 g/mol. The summed E-state index contributed by atoms with van der Waals surface area (Å²) in [4.78, 5) is 12.7. The van der Waals surface area contributed by atoms with Gasteiger partial charge in [0.2, 0.25) is 11.8 Å². The molecule has 146 valence electrons. The maximum absolute atomic E-state index is 5.90. The molecule has 0 saturated heterocycles. The average molecular weight is 447 g/mol. The number of halogens is 1. The second kappa shape index (κ2) is 9.23. The Bertz CT molecular complexity index is 933. The van der Waals surface area contributed by atoms with Crippen LogP contribution in [0, 0.1) is 0 Å². The Morgan fingerprint density at radius 3 is 2.32 bits per heavy atom. The van der Waals surface area contributed by atoms with Gasteiger partial charge in [-0.25, -0.2) is 4.98 Å². The Morgan fingerprint density at radius 2 is 1.68 bits per heavy atom. The molecule has 0 aliphatic rings. The Balaban J connectivity index is 1.86. The van der Waals surface area contributed by atoms with Crippen LogP contribution in [0.3, 0.4) is 0 Å². The predicted octanol–water partition coefficient (Wildman–Crippen LogP) is 4.06. The molecule has 9 heteroatoms. The van der Waals surface area contributed by atoms with E-state index < -0.39 is 0 Å². The molecular weight excluding hydrogens is 428 g/mol. The smallest absolute Gasteiger partial charge is 0.328 e. The minimum Gasteiger partial charge on any atom is -0.497 e. The fraction of sp³-hybridized carbons (Fsp3) is 0.211. The van der Waals surface area contributed by atoms with Crippen molar-refractivity contribution in [1.82, 2.24) is 15.0 Å². The van der Waals surface area contributed by atoms with Crippen LogP contribution in [-0.2, 0) is 6.54 Å². The molecule has 0 atom stereocenters. The van der Waals surface area contributed by atoms with E-state index in [0.29, 0.717) is 29.8 Å². The first-order valence-electron chi connectivity index (χ1n) is 8.28. The first-order valence-corrected chi connectivity index (χ1v) is 9.08. The zero-order valence-corrected chi connectivity index (χ0v) is 17.2. The Hall–Kier alpha value is -3.07. The van der Waals surface area contributed by atoms with Gasteiger partial charge in [0.15, 0.2) is 0 Å². The molecule has 3 rings (SSSR count). The van der Waals surface area contributed by atoms with Crippen molar-refractivity contribution in [1.29, 1.82) is 0 Å². The van der Waals surface area contributed by atoms with Crippen LogP contribution in [0.2, 0.25) is 0 Å². The highest BCUT2D eigenvalue weighted by Gasteiger charge is 2.12. The first kappa shape index (κ1) is 19.7. The van der Waals surface area contributed by atoms with E-state index in [2.05, 4.69) is 36.2 Å². The standard InChI is InChI=1S/C19H19BrN4O4/c1-25-14-4-5-15(28-19-23-17(26-2)10-18(24-19)27-3)12(8-14)11-22-16-9-13(20)6-7-21-16/h4-10H,11H2,1-3H3,(H,21,22). The van der Waals surface area contributed by atoms with Gasteiger partial charge >= 0.3 is 6.01 Å². The maximum Gasteiger partial charge on any atom is 0.328 e. The van der Waals surface area contributed by atoms with Gasteiger partial charge in [0.25, 0.3) is 0 Å². The number of pyridine rings is 1. The Morgan fingerprint density at radius 1 is 0.929 bits per heavy atom. The third kappa shape index (κ3) is 5.01. The van der Waals surface area contributed by atoms with E-state index in [4.69, 9.17) is 18.9 Å². The molecule has 0 fully saturated rings. The molecule has 0 aliphatic carbocycles. The highest BCUT2D eigenvalue weighted by atomic mass is 79.9. The highest BCUT2D eigenvalue weighted by molar-refractivity contribution is 9.10. The number of anilines is 1. The van der Waals surface area contributed by atoms with Gasteiger partial charge in [-0.05, 0) is 30.3 Å². The molecule has 2 aromatic heterocycles. The van der Waals surface area contributed by atoms with Gasteiger partial charge < -0.3 is 24.3 Å². The van der Waals surface area contributed by atoms with Crippen molar-refractivity contribution < 1.29 is 18.9 Å². The summed E-state index contributed by atoms with van der Waals surface area (Å²) in [6, 6.07) is 10.9. The zero-order valence-electron chi connectivity index (χ0n) is 15.6. The normalized spacial score (nSPS) is 10.3. The van der Waals surface area contributed by atoms with Crippen molar-refractivity contribution in [2.24, 2.45) is 0 Å². The number of nitrogens with zero attached hydrogens (tertiary/aromatic N) is 3. The number of nitrogens with one attached hydrogen (secondary N) is 1. The number of hydrogen-bond acceptors (Lipinski definition) is 8. The third-order valence-electron chi connectivity index (χ3n) is 3.73. The van der Waals surface area contributed by atoms with E-state index in [0.717, 1.165) is 15.9 Å². The van der Waals surface area contributed by atoms with E-state index in [-0.39, 0.29) is 6.01 Å². The van der Waals surface area contributed by atoms with Crippen molar-refractivity contribution in [2.75, 3.05) is 26.6 Å². The number of methoxy groups -OCH3 is 3. The second-order valence-corrected chi connectivity index (χ2v) is 6.44. The van der Waals surface area contributed by atoms with Gasteiger partial charge in [-0.2, -0.15) is 9.97 Å². The summed E-state index contributed by atoms with van der Waals surface area (Å²) in [6.07, 6.45) is 1.71. The van der Waals surface area contributed by atoms with Crippen LogP contribution in [0.15, 0.2) is 47.1 Å². The van der Waals surface area contributed by atoms with E-state index in [1.165, 1.54) is 14.2 Å². The number of benzene rings is 1. The third-order valence-corrected chi connectivity index (χ3v) is 4.22. The Kier molecular flexibility index (Phi) is 6.49. The van der Waals surface area contributed by atoms with Crippen LogP contribution in [0.5, 0.6) is 29.3 Å². The lowest BCUT2D eigenvalue weighted by molar-refractivity contribution is 0.347. The summed E-state index contributed by atoms with van der Waals surface area (Å²) in [5.74, 6) is 2.68. The fourth-order valence-electron chi connectivity index (χ4n) is 2.34. The molecule has 0 amide bonds. The molecule has 0 saturated carbocycles. The molecule has 1 aromatic carbocycles. The molecule has 1 N–H and O–H groups in total. The molecule has 3 aromatic rings. The van der Waals surface area contributed by atoms with Crippen LogP contribution >= 0.6 is 15.9 Å². The molecule has 2 heterocycles. The van der Waals surface area contributed by atoms with E-state index in [1.807, 2.05) is 18.2 Å². The first-order chi connectivity index (χ1) is 13.6. The van der Waals surface area contributed by atoms with Crippen molar-refractivity contribution in [2.45, 2.75) is 6.54 Å². The van der Waals surface area contributed by atoms with Gasteiger partial charge in [0.05, 0.1) is 27.4 Å². The second-order valence-electron chi connectivity index (χ2n) is 5.52. The zero-order chi connectivity index (χ0) is 19.9. The number of hydrogen-bond donors (Lipinski definition) is 1. The minimum absolute atomic E-state index is 0.114. The van der Waals surface area contributed by atoms with Crippen LogP contribution in [0.4, 0.5) is 5.82 Å². The SMILES string of the molecule is COc1ccc(Oc2nc(OC)cc(OC)n2)c(CNc2cc(Br)ccn2)c1. The van der Waals surface area contributed by atoms with Gasteiger partial charge in [-0.3, -0.25) is 0 Å². The molecule has 0 unspecified atom stereocenters. The maximum atomic E-state index is 5.90.